The van der Waals surface area contributed by atoms with Crippen molar-refractivity contribution in [1.29, 1.82) is 0 Å². The van der Waals surface area contributed by atoms with Crippen molar-refractivity contribution < 1.29 is 14.7 Å². The van der Waals surface area contributed by atoms with Gasteiger partial charge in [-0.3, -0.25) is 4.79 Å². The van der Waals surface area contributed by atoms with Gasteiger partial charge in [-0.25, -0.2) is 4.79 Å². The molecule has 92 valence electrons. The van der Waals surface area contributed by atoms with E-state index in [0.29, 0.717) is 18.1 Å². The maximum absolute atomic E-state index is 11.8. The molecule has 0 aromatic heterocycles. The third kappa shape index (κ3) is 2.90. The molecule has 0 aliphatic carbocycles. The Kier molecular flexibility index (Phi) is 4.65. The van der Waals surface area contributed by atoms with Crippen molar-refractivity contribution >= 4 is 23.6 Å². The topological polar surface area (TPSA) is 57.6 Å². The van der Waals surface area contributed by atoms with Crippen molar-refractivity contribution in [3.05, 3.63) is 0 Å². The van der Waals surface area contributed by atoms with E-state index in [1.807, 2.05) is 0 Å². The number of thioether (sulfide) groups is 1. The number of amides is 1. The molecular formula is C11H19NO3S. The SMILES string of the molecule is CCC(=O)N1[C@H](CC(C)C)SC[C@H]1C(=O)O. The molecule has 0 radical (unpaired) electrons. The minimum absolute atomic E-state index is 0.0357. The Morgan fingerprint density at radius 3 is 2.56 bits per heavy atom. The summed E-state index contributed by atoms with van der Waals surface area (Å²) < 4.78 is 0. The van der Waals surface area contributed by atoms with Gasteiger partial charge in [-0.2, -0.15) is 0 Å². The van der Waals surface area contributed by atoms with Crippen LogP contribution in [-0.4, -0.2) is 39.1 Å². The lowest BCUT2D eigenvalue weighted by Crippen LogP contribution is -2.45. The number of hydrogen-bond acceptors (Lipinski definition) is 3. The fourth-order valence-corrected chi connectivity index (χ4v) is 3.51. The van der Waals surface area contributed by atoms with Crippen LogP contribution in [0.1, 0.15) is 33.6 Å². The highest BCUT2D eigenvalue weighted by molar-refractivity contribution is 8.00. The van der Waals surface area contributed by atoms with E-state index >= 15 is 0 Å². The van der Waals surface area contributed by atoms with E-state index in [9.17, 15) is 9.59 Å². The van der Waals surface area contributed by atoms with Crippen LogP contribution in [0.15, 0.2) is 0 Å². The van der Waals surface area contributed by atoms with E-state index in [0.717, 1.165) is 6.42 Å². The Labute approximate surface area is 100 Å². The number of rotatable bonds is 4. The van der Waals surface area contributed by atoms with Crippen LogP contribution in [0.5, 0.6) is 0 Å². The molecule has 2 atom stereocenters. The number of aliphatic carboxylic acids is 1. The van der Waals surface area contributed by atoms with Crippen molar-refractivity contribution in [2.75, 3.05) is 5.75 Å². The van der Waals surface area contributed by atoms with Crippen LogP contribution in [0.4, 0.5) is 0 Å². The Hall–Kier alpha value is -0.710. The summed E-state index contributed by atoms with van der Waals surface area (Å²) in [5.41, 5.74) is 0. The Morgan fingerprint density at radius 1 is 1.50 bits per heavy atom. The molecule has 5 heteroatoms. The van der Waals surface area contributed by atoms with Crippen molar-refractivity contribution in [3.63, 3.8) is 0 Å². The van der Waals surface area contributed by atoms with E-state index in [1.54, 1.807) is 23.6 Å². The van der Waals surface area contributed by atoms with Crippen LogP contribution in [0.25, 0.3) is 0 Å². The molecule has 0 unspecified atom stereocenters. The lowest BCUT2D eigenvalue weighted by molar-refractivity contribution is -0.149. The Morgan fingerprint density at radius 2 is 2.12 bits per heavy atom. The van der Waals surface area contributed by atoms with Gasteiger partial charge in [0.1, 0.15) is 6.04 Å². The van der Waals surface area contributed by atoms with Crippen LogP contribution >= 0.6 is 11.8 Å². The predicted octanol–water partition coefficient (Wildman–Crippen LogP) is 1.80. The lowest BCUT2D eigenvalue weighted by atomic mass is 10.1. The van der Waals surface area contributed by atoms with Crippen molar-refractivity contribution in [2.24, 2.45) is 5.92 Å². The molecule has 1 amide bonds. The highest BCUT2D eigenvalue weighted by Crippen LogP contribution is 2.33. The monoisotopic (exact) mass is 245 g/mol. The third-order valence-electron chi connectivity index (χ3n) is 2.64. The van der Waals surface area contributed by atoms with E-state index in [1.165, 1.54) is 0 Å². The molecule has 0 bridgehead atoms. The maximum Gasteiger partial charge on any atom is 0.327 e. The van der Waals surface area contributed by atoms with Gasteiger partial charge >= 0.3 is 5.97 Å². The highest BCUT2D eigenvalue weighted by atomic mass is 32.2. The van der Waals surface area contributed by atoms with Gasteiger partial charge in [0, 0.05) is 12.2 Å². The normalized spacial score (nSPS) is 25.1. The molecule has 4 nitrogen and oxygen atoms in total. The zero-order valence-electron chi connectivity index (χ0n) is 9.97. The minimum Gasteiger partial charge on any atom is -0.480 e. The van der Waals surface area contributed by atoms with Crippen LogP contribution in [0, 0.1) is 5.92 Å². The molecule has 1 aliphatic heterocycles. The molecule has 0 aromatic carbocycles. The molecular weight excluding hydrogens is 226 g/mol. The van der Waals surface area contributed by atoms with E-state index < -0.39 is 12.0 Å². The summed E-state index contributed by atoms with van der Waals surface area (Å²) in [5, 5.41) is 9.11. The zero-order chi connectivity index (χ0) is 12.3. The first-order valence-electron chi connectivity index (χ1n) is 5.63. The molecule has 1 heterocycles. The smallest absolute Gasteiger partial charge is 0.327 e. The van der Waals surface area contributed by atoms with Crippen LogP contribution in [-0.2, 0) is 9.59 Å². The molecule has 16 heavy (non-hydrogen) atoms. The first-order chi connectivity index (χ1) is 7.47. The summed E-state index contributed by atoms with van der Waals surface area (Å²) >= 11 is 1.58. The number of nitrogens with zero attached hydrogens (tertiary/aromatic N) is 1. The summed E-state index contributed by atoms with van der Waals surface area (Å²) in [7, 11) is 0. The lowest BCUT2D eigenvalue weighted by Gasteiger charge is -2.28. The second-order valence-corrected chi connectivity index (χ2v) is 5.64. The Bertz CT molecular complexity index is 280. The van der Waals surface area contributed by atoms with Gasteiger partial charge in [0.25, 0.3) is 0 Å². The first-order valence-corrected chi connectivity index (χ1v) is 6.67. The second kappa shape index (κ2) is 5.57. The van der Waals surface area contributed by atoms with Gasteiger partial charge < -0.3 is 10.0 Å². The van der Waals surface area contributed by atoms with E-state index in [4.69, 9.17) is 5.11 Å². The second-order valence-electron chi connectivity index (χ2n) is 4.43. The van der Waals surface area contributed by atoms with Gasteiger partial charge in [0.15, 0.2) is 0 Å². The molecule has 1 aliphatic rings. The van der Waals surface area contributed by atoms with Crippen LogP contribution < -0.4 is 0 Å². The summed E-state index contributed by atoms with van der Waals surface area (Å²) in [5.74, 6) is 0.0409. The van der Waals surface area contributed by atoms with E-state index in [2.05, 4.69) is 13.8 Å². The zero-order valence-corrected chi connectivity index (χ0v) is 10.8. The van der Waals surface area contributed by atoms with Crippen molar-refractivity contribution in [2.45, 2.75) is 45.0 Å². The molecule has 0 aromatic rings. The average Bonchev–Trinajstić information content (AvgIpc) is 2.59. The summed E-state index contributed by atoms with van der Waals surface area (Å²) in [6.07, 6.45) is 1.24. The number of hydrogen-bond donors (Lipinski definition) is 1. The van der Waals surface area contributed by atoms with Crippen LogP contribution in [0.3, 0.4) is 0 Å². The Balaban J connectivity index is 2.79. The van der Waals surface area contributed by atoms with Crippen molar-refractivity contribution in [1.82, 2.24) is 4.90 Å². The maximum atomic E-state index is 11.8. The first kappa shape index (κ1) is 13.4. The predicted molar refractivity (Wildman–Crippen MR) is 64.3 cm³/mol. The minimum atomic E-state index is -0.888. The average molecular weight is 245 g/mol. The fourth-order valence-electron chi connectivity index (χ4n) is 1.86. The standard InChI is InChI=1S/C11H19NO3S/c1-4-9(13)12-8(11(14)15)6-16-10(12)5-7(2)3/h7-8,10H,4-6H2,1-3H3,(H,14,15)/t8-,10-/m0/s1. The molecule has 1 fully saturated rings. The van der Waals surface area contributed by atoms with Gasteiger partial charge in [-0.05, 0) is 12.3 Å². The quantitative estimate of drug-likeness (QED) is 0.820. The highest BCUT2D eigenvalue weighted by Gasteiger charge is 2.40. The molecule has 1 N–H and O–H groups in total. The summed E-state index contributed by atoms with van der Waals surface area (Å²) in [6.45, 7) is 5.95. The van der Waals surface area contributed by atoms with Gasteiger partial charge in [0.2, 0.25) is 5.91 Å². The third-order valence-corrected chi connectivity index (χ3v) is 3.95. The summed E-state index contributed by atoms with van der Waals surface area (Å²) in [6, 6.07) is -0.638. The largest absolute Gasteiger partial charge is 0.480 e. The number of carbonyl (C=O) groups is 2. The van der Waals surface area contributed by atoms with Crippen LogP contribution in [0.2, 0.25) is 0 Å². The fraction of sp³-hybridized carbons (Fsp3) is 0.818. The summed E-state index contributed by atoms with van der Waals surface area (Å²) in [4.78, 5) is 24.4. The number of carboxylic acid groups (broad SMARTS) is 1. The molecule has 1 rings (SSSR count). The molecule has 0 saturated carbocycles. The van der Waals surface area contributed by atoms with Gasteiger partial charge in [0.05, 0.1) is 5.37 Å². The number of carbonyl (C=O) groups excluding carboxylic acids is 1. The van der Waals surface area contributed by atoms with Crippen molar-refractivity contribution in [3.8, 4) is 0 Å². The van der Waals surface area contributed by atoms with E-state index in [-0.39, 0.29) is 11.3 Å². The van der Waals surface area contributed by atoms with Gasteiger partial charge in [-0.1, -0.05) is 20.8 Å². The van der Waals surface area contributed by atoms with Gasteiger partial charge in [-0.15, -0.1) is 11.8 Å². The molecule has 1 saturated heterocycles. The number of carboxylic acids is 1. The molecule has 0 spiro atoms.